The van der Waals surface area contributed by atoms with Crippen LogP contribution >= 0.6 is 0 Å². The normalized spacial score (nSPS) is 10.4. The van der Waals surface area contributed by atoms with Gasteiger partial charge in [0.05, 0.1) is 5.52 Å². The van der Waals surface area contributed by atoms with Gasteiger partial charge in [-0.1, -0.05) is 30.3 Å². The van der Waals surface area contributed by atoms with E-state index in [9.17, 15) is 9.59 Å². The monoisotopic (exact) mass is 368 g/mol. The molecular weight excluding hydrogens is 352 g/mol. The number of hydrogen-bond donors (Lipinski definition) is 2. The van der Waals surface area contributed by atoms with Crippen LogP contribution in [-0.2, 0) is 0 Å². The van der Waals surface area contributed by atoms with Crippen molar-refractivity contribution in [1.82, 2.24) is 9.97 Å². The second-order valence-electron chi connectivity index (χ2n) is 6.11. The molecule has 4 aromatic rings. The van der Waals surface area contributed by atoms with E-state index in [1.165, 1.54) is 0 Å². The van der Waals surface area contributed by atoms with Crippen molar-refractivity contribution in [2.45, 2.75) is 0 Å². The number of nitrogens with zero attached hydrogens (tertiary/aromatic N) is 2. The minimum absolute atomic E-state index is 0.272. The summed E-state index contributed by atoms with van der Waals surface area (Å²) < 4.78 is 0. The van der Waals surface area contributed by atoms with Crippen LogP contribution < -0.4 is 10.6 Å². The van der Waals surface area contributed by atoms with E-state index in [2.05, 4.69) is 20.6 Å². The van der Waals surface area contributed by atoms with Crippen molar-refractivity contribution < 1.29 is 9.59 Å². The molecule has 2 N–H and O–H groups in total. The number of amides is 2. The number of benzene rings is 2. The van der Waals surface area contributed by atoms with Crippen molar-refractivity contribution in [3.63, 3.8) is 0 Å². The number of para-hydroxylation sites is 1. The SMILES string of the molecule is O=C(Nc1ccncc1)c1cccc(NC(=O)c2ccc3ccccc3n2)c1. The fourth-order valence-electron chi connectivity index (χ4n) is 2.76. The summed E-state index contributed by atoms with van der Waals surface area (Å²) in [5, 5.41) is 6.54. The van der Waals surface area contributed by atoms with Crippen LogP contribution in [0.4, 0.5) is 11.4 Å². The fraction of sp³-hybridized carbons (Fsp3) is 0. The molecule has 0 spiro atoms. The van der Waals surface area contributed by atoms with Gasteiger partial charge in [-0.15, -0.1) is 0 Å². The van der Waals surface area contributed by atoms with Crippen LogP contribution in [0.3, 0.4) is 0 Å². The first-order chi connectivity index (χ1) is 13.7. The zero-order valence-electron chi connectivity index (χ0n) is 14.8. The first-order valence-electron chi connectivity index (χ1n) is 8.68. The van der Waals surface area contributed by atoms with Crippen LogP contribution in [0.25, 0.3) is 10.9 Å². The molecule has 2 amide bonds. The summed E-state index contributed by atoms with van der Waals surface area (Å²) in [6.07, 6.45) is 3.20. The number of fused-ring (bicyclic) bond motifs is 1. The Morgan fingerprint density at radius 3 is 2.36 bits per heavy atom. The second-order valence-corrected chi connectivity index (χ2v) is 6.11. The number of carbonyl (C=O) groups is 2. The van der Waals surface area contributed by atoms with Gasteiger partial charge >= 0.3 is 0 Å². The van der Waals surface area contributed by atoms with E-state index in [4.69, 9.17) is 0 Å². The number of rotatable bonds is 4. The van der Waals surface area contributed by atoms with Gasteiger partial charge in [0, 0.05) is 34.7 Å². The number of nitrogens with one attached hydrogen (secondary N) is 2. The van der Waals surface area contributed by atoms with E-state index in [1.54, 1.807) is 54.9 Å². The lowest BCUT2D eigenvalue weighted by Gasteiger charge is -2.08. The van der Waals surface area contributed by atoms with Crippen molar-refractivity contribution in [3.8, 4) is 0 Å². The van der Waals surface area contributed by atoms with Gasteiger partial charge in [0.15, 0.2) is 0 Å². The summed E-state index contributed by atoms with van der Waals surface area (Å²) in [6, 6.07) is 21.3. The third kappa shape index (κ3) is 3.86. The molecule has 2 aromatic heterocycles. The van der Waals surface area contributed by atoms with Crippen molar-refractivity contribution in [1.29, 1.82) is 0 Å². The lowest BCUT2D eigenvalue weighted by Crippen LogP contribution is -2.15. The van der Waals surface area contributed by atoms with Crippen molar-refractivity contribution in [2.24, 2.45) is 0 Å². The highest BCUT2D eigenvalue weighted by Gasteiger charge is 2.11. The largest absolute Gasteiger partial charge is 0.322 e. The Morgan fingerprint density at radius 1 is 0.714 bits per heavy atom. The molecular formula is C22H16N4O2. The second kappa shape index (κ2) is 7.67. The third-order valence-corrected chi connectivity index (χ3v) is 4.15. The topological polar surface area (TPSA) is 84.0 Å². The highest BCUT2D eigenvalue weighted by molar-refractivity contribution is 6.07. The standard InChI is InChI=1S/C22H16N4O2/c27-21(24-17-10-12-23-13-11-17)16-5-3-6-18(14-16)25-22(28)20-9-8-15-4-1-2-7-19(15)26-20/h1-14H,(H,25,28)(H,23,24,27). The summed E-state index contributed by atoms with van der Waals surface area (Å²) in [5.74, 6) is -0.608. The van der Waals surface area contributed by atoms with Crippen LogP contribution in [0.2, 0.25) is 0 Å². The van der Waals surface area contributed by atoms with Crippen molar-refractivity contribution >= 4 is 34.1 Å². The molecule has 0 fully saturated rings. The van der Waals surface area contributed by atoms with Crippen LogP contribution in [0.5, 0.6) is 0 Å². The molecule has 0 saturated heterocycles. The molecule has 0 aliphatic carbocycles. The van der Waals surface area contributed by atoms with E-state index < -0.39 is 0 Å². The van der Waals surface area contributed by atoms with Crippen LogP contribution in [0.15, 0.2) is 85.2 Å². The van der Waals surface area contributed by atoms with E-state index >= 15 is 0 Å². The lowest BCUT2D eigenvalue weighted by molar-refractivity contribution is 0.101. The van der Waals surface area contributed by atoms with Gasteiger partial charge in [0.25, 0.3) is 11.8 Å². The van der Waals surface area contributed by atoms with Gasteiger partial charge in [-0.3, -0.25) is 14.6 Å². The van der Waals surface area contributed by atoms with E-state index in [1.807, 2.05) is 30.3 Å². The number of anilines is 2. The molecule has 0 radical (unpaired) electrons. The molecule has 136 valence electrons. The van der Waals surface area contributed by atoms with Crippen molar-refractivity contribution in [2.75, 3.05) is 10.6 Å². The molecule has 0 aliphatic heterocycles. The number of aromatic nitrogens is 2. The Morgan fingerprint density at radius 2 is 1.50 bits per heavy atom. The van der Waals surface area contributed by atoms with Gasteiger partial charge in [-0.05, 0) is 42.5 Å². The maximum Gasteiger partial charge on any atom is 0.274 e. The molecule has 0 saturated carbocycles. The first-order valence-corrected chi connectivity index (χ1v) is 8.68. The van der Waals surface area contributed by atoms with Crippen LogP contribution in [0, 0.1) is 0 Å². The summed E-state index contributed by atoms with van der Waals surface area (Å²) in [7, 11) is 0. The van der Waals surface area contributed by atoms with E-state index in [0.29, 0.717) is 22.6 Å². The summed E-state index contributed by atoms with van der Waals surface area (Å²) in [4.78, 5) is 33.3. The molecule has 28 heavy (non-hydrogen) atoms. The molecule has 0 aliphatic rings. The molecule has 0 bridgehead atoms. The Bertz CT molecular complexity index is 1160. The molecule has 6 heteroatoms. The van der Waals surface area contributed by atoms with Crippen LogP contribution in [0.1, 0.15) is 20.8 Å². The zero-order chi connectivity index (χ0) is 19.3. The van der Waals surface area contributed by atoms with Gasteiger partial charge in [0.2, 0.25) is 0 Å². The smallest absolute Gasteiger partial charge is 0.274 e. The maximum absolute atomic E-state index is 12.5. The third-order valence-electron chi connectivity index (χ3n) is 4.15. The number of hydrogen-bond acceptors (Lipinski definition) is 4. The minimum atomic E-state index is -0.336. The Labute approximate surface area is 161 Å². The van der Waals surface area contributed by atoms with Gasteiger partial charge < -0.3 is 10.6 Å². The zero-order valence-corrected chi connectivity index (χ0v) is 14.8. The minimum Gasteiger partial charge on any atom is -0.322 e. The Hall–Kier alpha value is -4.06. The van der Waals surface area contributed by atoms with E-state index in [0.717, 1.165) is 10.9 Å². The van der Waals surface area contributed by atoms with Crippen LogP contribution in [-0.4, -0.2) is 21.8 Å². The molecule has 2 aromatic carbocycles. The molecule has 4 rings (SSSR count). The fourth-order valence-corrected chi connectivity index (χ4v) is 2.76. The highest BCUT2D eigenvalue weighted by atomic mass is 16.2. The van der Waals surface area contributed by atoms with Gasteiger partial charge in [-0.25, -0.2) is 4.98 Å². The molecule has 2 heterocycles. The lowest BCUT2D eigenvalue weighted by atomic mass is 10.1. The molecule has 0 unspecified atom stereocenters. The van der Waals surface area contributed by atoms with Gasteiger partial charge in [-0.2, -0.15) is 0 Å². The summed E-state index contributed by atoms with van der Waals surface area (Å²) in [6.45, 7) is 0. The Balaban J connectivity index is 1.50. The predicted octanol–water partition coefficient (Wildman–Crippen LogP) is 4.13. The Kier molecular flexibility index (Phi) is 4.76. The highest BCUT2D eigenvalue weighted by Crippen LogP contribution is 2.16. The molecule has 0 atom stereocenters. The number of carbonyl (C=O) groups excluding carboxylic acids is 2. The first kappa shape index (κ1) is 17.4. The van der Waals surface area contributed by atoms with E-state index in [-0.39, 0.29) is 11.8 Å². The maximum atomic E-state index is 12.5. The quantitative estimate of drug-likeness (QED) is 0.567. The summed E-state index contributed by atoms with van der Waals surface area (Å²) >= 11 is 0. The number of pyridine rings is 2. The van der Waals surface area contributed by atoms with Crippen molar-refractivity contribution in [3.05, 3.63) is 96.4 Å². The molecule has 6 nitrogen and oxygen atoms in total. The average Bonchev–Trinajstić information content (AvgIpc) is 2.74. The average molecular weight is 368 g/mol. The summed E-state index contributed by atoms with van der Waals surface area (Å²) in [5.41, 5.74) is 2.66. The van der Waals surface area contributed by atoms with Gasteiger partial charge in [0.1, 0.15) is 5.69 Å². The predicted molar refractivity (Wildman–Crippen MR) is 108 cm³/mol.